The van der Waals surface area contributed by atoms with Crippen LogP contribution in [0, 0.1) is 5.41 Å². The van der Waals surface area contributed by atoms with Crippen molar-refractivity contribution in [3.63, 3.8) is 0 Å². The molecule has 0 radical (unpaired) electrons. The summed E-state index contributed by atoms with van der Waals surface area (Å²) in [6, 6.07) is 1.79. The van der Waals surface area contributed by atoms with Gasteiger partial charge in [-0.05, 0) is 17.9 Å². The Bertz CT molecular complexity index is 292. The summed E-state index contributed by atoms with van der Waals surface area (Å²) in [7, 11) is 0. The molecule has 0 aliphatic heterocycles. The number of hydrogen-bond acceptors (Lipinski definition) is 2. The molecule has 1 N–H and O–H groups in total. The van der Waals surface area contributed by atoms with Gasteiger partial charge in [0.1, 0.15) is 0 Å². The molecule has 3 heteroatoms. The topological polar surface area (TPSA) is 24.9 Å². The predicted molar refractivity (Wildman–Crippen MR) is 61.8 cm³/mol. The van der Waals surface area contributed by atoms with Crippen LogP contribution in [-0.4, -0.2) is 11.5 Å². The molecule has 0 spiro atoms. The van der Waals surface area contributed by atoms with Crippen molar-refractivity contribution in [3.8, 4) is 0 Å². The maximum atomic E-state index is 5.97. The first kappa shape index (κ1) is 11.3. The molecule has 1 aromatic rings. The fourth-order valence-corrected chi connectivity index (χ4v) is 1.25. The first-order chi connectivity index (χ1) is 6.49. The van der Waals surface area contributed by atoms with Crippen LogP contribution < -0.4 is 5.32 Å². The van der Waals surface area contributed by atoms with E-state index in [4.69, 9.17) is 11.6 Å². The smallest absolute Gasteiger partial charge is 0.0716 e. The Kier molecular flexibility index (Phi) is 3.76. The summed E-state index contributed by atoms with van der Waals surface area (Å²) in [4.78, 5) is 4.01. The number of nitrogens with zero attached hydrogens (tertiary/aromatic N) is 1. The highest BCUT2D eigenvalue weighted by Crippen LogP contribution is 2.21. The minimum Gasteiger partial charge on any atom is -0.383 e. The van der Waals surface area contributed by atoms with E-state index in [9.17, 15) is 0 Å². The van der Waals surface area contributed by atoms with Crippen LogP contribution in [0.2, 0.25) is 5.02 Å². The van der Waals surface area contributed by atoms with Gasteiger partial charge in [-0.2, -0.15) is 0 Å². The molecule has 0 aliphatic carbocycles. The molecule has 0 amide bonds. The molecule has 14 heavy (non-hydrogen) atoms. The minimum absolute atomic E-state index is 0.349. The molecule has 1 aromatic heterocycles. The van der Waals surface area contributed by atoms with Crippen LogP contribution in [0.25, 0.3) is 0 Å². The third-order valence-corrected chi connectivity index (χ3v) is 2.29. The average molecular weight is 213 g/mol. The molecule has 0 atom stereocenters. The van der Waals surface area contributed by atoms with Crippen LogP contribution >= 0.6 is 11.6 Å². The fourth-order valence-electron chi connectivity index (χ4n) is 1.08. The van der Waals surface area contributed by atoms with Crippen molar-refractivity contribution in [2.75, 3.05) is 11.9 Å². The van der Waals surface area contributed by atoms with Crippen molar-refractivity contribution in [1.82, 2.24) is 4.98 Å². The van der Waals surface area contributed by atoms with Crippen LogP contribution in [0.5, 0.6) is 0 Å². The molecule has 0 saturated heterocycles. The standard InChI is InChI=1S/C11H17ClN2/c1-11(2,3)5-7-14-10-8-13-6-4-9(10)12/h4,6,8,14H,5,7H2,1-3H3. The normalized spacial score (nSPS) is 11.4. The summed E-state index contributed by atoms with van der Waals surface area (Å²) in [5.74, 6) is 0. The van der Waals surface area contributed by atoms with Gasteiger partial charge in [-0.1, -0.05) is 32.4 Å². The van der Waals surface area contributed by atoms with Crippen molar-refractivity contribution in [1.29, 1.82) is 0 Å². The van der Waals surface area contributed by atoms with E-state index < -0.39 is 0 Å². The molecule has 0 unspecified atom stereocenters. The zero-order valence-electron chi connectivity index (χ0n) is 8.97. The second kappa shape index (κ2) is 4.65. The molecular weight excluding hydrogens is 196 g/mol. The van der Waals surface area contributed by atoms with E-state index in [0.717, 1.165) is 23.7 Å². The number of anilines is 1. The summed E-state index contributed by atoms with van der Waals surface area (Å²) in [5.41, 5.74) is 1.26. The van der Waals surface area contributed by atoms with Crippen molar-refractivity contribution in [3.05, 3.63) is 23.5 Å². The number of rotatable bonds is 3. The molecule has 2 nitrogen and oxygen atoms in total. The quantitative estimate of drug-likeness (QED) is 0.829. The summed E-state index contributed by atoms with van der Waals surface area (Å²) >= 11 is 5.97. The Hall–Kier alpha value is -0.760. The van der Waals surface area contributed by atoms with Gasteiger partial charge >= 0.3 is 0 Å². The van der Waals surface area contributed by atoms with E-state index in [1.165, 1.54) is 0 Å². The van der Waals surface area contributed by atoms with Crippen molar-refractivity contribution in [2.45, 2.75) is 27.2 Å². The van der Waals surface area contributed by atoms with Gasteiger partial charge in [-0.3, -0.25) is 4.98 Å². The number of pyridine rings is 1. The van der Waals surface area contributed by atoms with Gasteiger partial charge in [0.05, 0.1) is 16.9 Å². The van der Waals surface area contributed by atoms with E-state index in [1.807, 2.05) is 0 Å². The van der Waals surface area contributed by atoms with Gasteiger partial charge in [-0.25, -0.2) is 0 Å². The first-order valence-electron chi connectivity index (χ1n) is 4.82. The molecule has 1 rings (SSSR count). The molecule has 0 aliphatic rings. The van der Waals surface area contributed by atoms with E-state index in [2.05, 4.69) is 31.1 Å². The van der Waals surface area contributed by atoms with Crippen LogP contribution in [0.15, 0.2) is 18.5 Å². The lowest BCUT2D eigenvalue weighted by Gasteiger charge is -2.18. The Morgan fingerprint density at radius 2 is 2.14 bits per heavy atom. The van der Waals surface area contributed by atoms with E-state index in [0.29, 0.717) is 5.41 Å². The first-order valence-corrected chi connectivity index (χ1v) is 5.20. The molecule has 0 aromatic carbocycles. The zero-order valence-corrected chi connectivity index (χ0v) is 9.73. The maximum Gasteiger partial charge on any atom is 0.0716 e. The zero-order chi connectivity index (χ0) is 10.6. The van der Waals surface area contributed by atoms with Crippen LogP contribution in [0.4, 0.5) is 5.69 Å². The van der Waals surface area contributed by atoms with Gasteiger partial charge in [-0.15, -0.1) is 0 Å². The summed E-state index contributed by atoms with van der Waals surface area (Å²) < 4.78 is 0. The average Bonchev–Trinajstić information content (AvgIpc) is 2.06. The van der Waals surface area contributed by atoms with Gasteiger partial charge < -0.3 is 5.32 Å². The van der Waals surface area contributed by atoms with Crippen molar-refractivity contribution < 1.29 is 0 Å². The van der Waals surface area contributed by atoms with Gasteiger partial charge in [0.15, 0.2) is 0 Å². The van der Waals surface area contributed by atoms with E-state index >= 15 is 0 Å². The molecule has 0 saturated carbocycles. The Labute approximate surface area is 90.7 Å². The highest BCUT2D eigenvalue weighted by molar-refractivity contribution is 6.33. The minimum atomic E-state index is 0.349. The molecule has 0 bridgehead atoms. The number of aromatic nitrogens is 1. The Morgan fingerprint density at radius 1 is 1.43 bits per heavy atom. The summed E-state index contributed by atoms with van der Waals surface area (Å²) in [5, 5.41) is 4.01. The molecule has 0 fully saturated rings. The van der Waals surface area contributed by atoms with Gasteiger partial charge in [0.2, 0.25) is 0 Å². The molecular formula is C11H17ClN2. The lowest BCUT2D eigenvalue weighted by Crippen LogP contribution is -2.13. The van der Waals surface area contributed by atoms with E-state index in [-0.39, 0.29) is 0 Å². The number of halogens is 1. The van der Waals surface area contributed by atoms with Crippen molar-refractivity contribution >= 4 is 17.3 Å². The summed E-state index contributed by atoms with van der Waals surface area (Å²) in [6.45, 7) is 7.59. The third kappa shape index (κ3) is 3.97. The largest absolute Gasteiger partial charge is 0.383 e. The monoisotopic (exact) mass is 212 g/mol. The van der Waals surface area contributed by atoms with Crippen LogP contribution in [0.3, 0.4) is 0 Å². The second-order valence-corrected chi connectivity index (χ2v) is 5.00. The van der Waals surface area contributed by atoms with Crippen LogP contribution in [-0.2, 0) is 0 Å². The van der Waals surface area contributed by atoms with Gasteiger partial charge in [0.25, 0.3) is 0 Å². The highest BCUT2D eigenvalue weighted by Gasteiger charge is 2.09. The van der Waals surface area contributed by atoms with E-state index in [1.54, 1.807) is 18.5 Å². The van der Waals surface area contributed by atoms with Crippen molar-refractivity contribution in [2.24, 2.45) is 5.41 Å². The number of nitrogens with one attached hydrogen (secondary N) is 1. The lowest BCUT2D eigenvalue weighted by atomic mass is 9.92. The number of hydrogen-bond donors (Lipinski definition) is 1. The Balaban J connectivity index is 2.43. The Morgan fingerprint density at radius 3 is 2.71 bits per heavy atom. The molecule has 1 heterocycles. The second-order valence-electron chi connectivity index (χ2n) is 4.59. The third-order valence-electron chi connectivity index (χ3n) is 1.96. The predicted octanol–water partition coefficient (Wildman–Crippen LogP) is 3.58. The highest BCUT2D eigenvalue weighted by atomic mass is 35.5. The summed E-state index contributed by atoms with van der Waals surface area (Å²) in [6.07, 6.45) is 4.56. The van der Waals surface area contributed by atoms with Crippen LogP contribution in [0.1, 0.15) is 27.2 Å². The lowest BCUT2D eigenvalue weighted by molar-refractivity contribution is 0.390. The SMILES string of the molecule is CC(C)(C)CCNc1cnccc1Cl. The molecule has 78 valence electrons. The fraction of sp³-hybridized carbons (Fsp3) is 0.545. The van der Waals surface area contributed by atoms with Gasteiger partial charge in [0, 0.05) is 12.7 Å². The maximum absolute atomic E-state index is 5.97.